The number of carboxylic acids is 1. The van der Waals surface area contributed by atoms with Gasteiger partial charge in [-0.2, -0.15) is 11.8 Å². The smallest absolute Gasteiger partial charge is 0.316 e. The molecule has 0 heterocycles. The minimum Gasteiger partial charge on any atom is -0.481 e. The molecular formula is C12H23NO3S. The van der Waals surface area contributed by atoms with Gasteiger partial charge < -0.3 is 10.4 Å². The maximum atomic E-state index is 11.8. The number of carboxylic acid groups (broad SMARTS) is 1. The maximum absolute atomic E-state index is 11.8. The Balaban J connectivity index is 4.54. The fourth-order valence-corrected chi connectivity index (χ4v) is 2.01. The Kier molecular flexibility index (Phi) is 5.52. The third-order valence-electron chi connectivity index (χ3n) is 1.80. The molecule has 1 unspecified atom stereocenters. The van der Waals surface area contributed by atoms with Gasteiger partial charge in [-0.25, -0.2) is 0 Å². The van der Waals surface area contributed by atoms with Crippen molar-refractivity contribution in [2.45, 2.75) is 51.8 Å². The molecule has 0 aromatic rings. The zero-order valence-electron chi connectivity index (χ0n) is 11.5. The maximum Gasteiger partial charge on any atom is 0.316 e. The van der Waals surface area contributed by atoms with E-state index in [1.807, 2.05) is 41.5 Å². The van der Waals surface area contributed by atoms with Gasteiger partial charge in [0, 0.05) is 16.0 Å². The summed E-state index contributed by atoms with van der Waals surface area (Å²) < 4.78 is -0.0459. The summed E-state index contributed by atoms with van der Waals surface area (Å²) in [5.74, 6) is -2.18. The van der Waals surface area contributed by atoms with Crippen molar-refractivity contribution in [3.05, 3.63) is 0 Å². The van der Waals surface area contributed by atoms with Crippen molar-refractivity contribution in [1.82, 2.24) is 5.32 Å². The van der Waals surface area contributed by atoms with Crippen molar-refractivity contribution in [1.29, 1.82) is 0 Å². The number of nitrogens with one attached hydrogen (secondary N) is 1. The first kappa shape index (κ1) is 16.3. The lowest BCUT2D eigenvalue weighted by molar-refractivity contribution is -0.146. The summed E-state index contributed by atoms with van der Waals surface area (Å²) in [5, 5.41) is 11.8. The largest absolute Gasteiger partial charge is 0.481 e. The molecule has 0 radical (unpaired) electrons. The molecule has 0 saturated heterocycles. The van der Waals surface area contributed by atoms with Crippen LogP contribution in [0.3, 0.4) is 0 Å². The highest BCUT2D eigenvalue weighted by atomic mass is 32.2. The van der Waals surface area contributed by atoms with Crippen LogP contribution in [0.15, 0.2) is 0 Å². The lowest BCUT2D eigenvalue weighted by atomic mass is 10.1. The SMILES string of the molecule is CC(C)(C)NC(=O)C(CSC(C)(C)C)C(=O)O. The molecular weight excluding hydrogens is 238 g/mol. The Bertz CT molecular complexity index is 289. The quantitative estimate of drug-likeness (QED) is 0.761. The highest BCUT2D eigenvalue weighted by Crippen LogP contribution is 2.25. The van der Waals surface area contributed by atoms with Gasteiger partial charge >= 0.3 is 5.97 Å². The van der Waals surface area contributed by atoms with Crippen LogP contribution in [0, 0.1) is 5.92 Å². The van der Waals surface area contributed by atoms with Gasteiger partial charge in [0.15, 0.2) is 0 Å². The fraction of sp³-hybridized carbons (Fsp3) is 0.833. The van der Waals surface area contributed by atoms with E-state index in [1.165, 1.54) is 11.8 Å². The van der Waals surface area contributed by atoms with E-state index in [0.717, 1.165) is 0 Å². The van der Waals surface area contributed by atoms with Gasteiger partial charge in [0.1, 0.15) is 5.92 Å². The molecule has 0 rings (SSSR count). The van der Waals surface area contributed by atoms with E-state index in [1.54, 1.807) is 0 Å². The molecule has 100 valence electrons. The molecule has 0 aliphatic carbocycles. The topological polar surface area (TPSA) is 66.4 Å². The zero-order valence-corrected chi connectivity index (χ0v) is 12.3. The van der Waals surface area contributed by atoms with Gasteiger partial charge in [-0.1, -0.05) is 20.8 Å². The molecule has 1 amide bonds. The molecule has 2 N–H and O–H groups in total. The molecule has 0 bridgehead atoms. The summed E-state index contributed by atoms with van der Waals surface area (Å²) in [6, 6.07) is 0. The normalized spacial score (nSPS) is 14.2. The molecule has 5 heteroatoms. The Morgan fingerprint density at radius 2 is 1.65 bits per heavy atom. The lowest BCUT2D eigenvalue weighted by Crippen LogP contribution is -2.46. The molecule has 0 aliphatic heterocycles. The molecule has 0 saturated carbocycles. The van der Waals surface area contributed by atoms with Crippen LogP contribution < -0.4 is 5.32 Å². The second-order valence-corrected chi connectivity index (χ2v) is 7.90. The molecule has 1 atom stereocenters. The summed E-state index contributed by atoms with van der Waals surface area (Å²) in [6.45, 7) is 11.5. The van der Waals surface area contributed by atoms with Crippen molar-refractivity contribution in [3.63, 3.8) is 0 Å². The summed E-state index contributed by atoms with van der Waals surface area (Å²) in [5.41, 5.74) is -0.406. The first-order valence-electron chi connectivity index (χ1n) is 5.61. The van der Waals surface area contributed by atoms with E-state index in [9.17, 15) is 9.59 Å². The van der Waals surface area contributed by atoms with Crippen molar-refractivity contribution >= 4 is 23.6 Å². The van der Waals surface area contributed by atoms with E-state index in [2.05, 4.69) is 5.32 Å². The van der Waals surface area contributed by atoms with Crippen LogP contribution in [-0.4, -0.2) is 33.0 Å². The van der Waals surface area contributed by atoms with Gasteiger partial charge in [0.25, 0.3) is 0 Å². The van der Waals surface area contributed by atoms with Crippen molar-refractivity contribution in [3.8, 4) is 0 Å². The van der Waals surface area contributed by atoms with Crippen LogP contribution in [0.4, 0.5) is 0 Å². The predicted molar refractivity (Wildman–Crippen MR) is 71.2 cm³/mol. The summed E-state index contributed by atoms with van der Waals surface area (Å²) in [4.78, 5) is 22.9. The van der Waals surface area contributed by atoms with Crippen LogP contribution in [0.1, 0.15) is 41.5 Å². The van der Waals surface area contributed by atoms with Crippen LogP contribution in [-0.2, 0) is 9.59 Å². The standard InChI is InChI=1S/C12H23NO3S/c1-11(2,3)13-9(14)8(10(15)16)7-17-12(4,5)6/h8H,7H2,1-6H3,(H,13,14)(H,15,16). The third kappa shape index (κ3) is 8.07. The number of amides is 1. The van der Waals surface area contributed by atoms with Gasteiger partial charge in [-0.15, -0.1) is 0 Å². The third-order valence-corrected chi connectivity index (χ3v) is 3.16. The average molecular weight is 261 g/mol. The van der Waals surface area contributed by atoms with E-state index >= 15 is 0 Å². The zero-order chi connectivity index (χ0) is 13.9. The number of aliphatic carboxylic acids is 1. The number of rotatable bonds is 4. The molecule has 0 aliphatic rings. The van der Waals surface area contributed by atoms with Crippen LogP contribution in [0.2, 0.25) is 0 Å². The van der Waals surface area contributed by atoms with E-state index in [0.29, 0.717) is 5.75 Å². The Morgan fingerprint density at radius 3 is 1.94 bits per heavy atom. The second kappa shape index (κ2) is 5.76. The van der Waals surface area contributed by atoms with Gasteiger partial charge in [0.05, 0.1) is 0 Å². The van der Waals surface area contributed by atoms with Crippen molar-refractivity contribution in [2.24, 2.45) is 5.92 Å². The van der Waals surface area contributed by atoms with E-state index in [4.69, 9.17) is 5.11 Å². The fourth-order valence-electron chi connectivity index (χ4n) is 1.05. The van der Waals surface area contributed by atoms with Crippen molar-refractivity contribution < 1.29 is 14.7 Å². The van der Waals surface area contributed by atoms with Gasteiger partial charge in [0.2, 0.25) is 5.91 Å². The predicted octanol–water partition coefficient (Wildman–Crippen LogP) is 2.13. The molecule has 0 spiro atoms. The molecule has 0 aromatic carbocycles. The number of carbonyl (C=O) groups is 2. The van der Waals surface area contributed by atoms with Gasteiger partial charge in [-0.05, 0) is 20.8 Å². The Labute approximate surface area is 108 Å². The minimum absolute atomic E-state index is 0.0459. The van der Waals surface area contributed by atoms with E-state index < -0.39 is 23.3 Å². The van der Waals surface area contributed by atoms with Crippen LogP contribution in [0.5, 0.6) is 0 Å². The molecule has 17 heavy (non-hydrogen) atoms. The number of hydrogen-bond donors (Lipinski definition) is 2. The highest BCUT2D eigenvalue weighted by molar-refractivity contribution is 8.00. The van der Waals surface area contributed by atoms with Gasteiger partial charge in [-0.3, -0.25) is 9.59 Å². The summed E-state index contributed by atoms with van der Waals surface area (Å²) in [6.07, 6.45) is 0. The monoisotopic (exact) mass is 261 g/mol. The number of carbonyl (C=O) groups excluding carboxylic acids is 1. The minimum atomic E-state index is -1.07. The van der Waals surface area contributed by atoms with Crippen molar-refractivity contribution in [2.75, 3.05) is 5.75 Å². The highest BCUT2D eigenvalue weighted by Gasteiger charge is 2.30. The lowest BCUT2D eigenvalue weighted by Gasteiger charge is -2.25. The Hall–Kier alpha value is -0.710. The summed E-state index contributed by atoms with van der Waals surface area (Å²) >= 11 is 1.48. The molecule has 0 aromatic heterocycles. The number of thioether (sulfide) groups is 1. The number of hydrogen-bond acceptors (Lipinski definition) is 3. The first-order chi connectivity index (χ1) is 7.42. The molecule has 0 fully saturated rings. The Morgan fingerprint density at radius 1 is 1.18 bits per heavy atom. The molecule has 4 nitrogen and oxygen atoms in total. The summed E-state index contributed by atoms with van der Waals surface area (Å²) in [7, 11) is 0. The van der Waals surface area contributed by atoms with Crippen LogP contribution in [0.25, 0.3) is 0 Å². The first-order valence-corrected chi connectivity index (χ1v) is 6.60. The second-order valence-electron chi connectivity index (χ2n) is 6.05. The average Bonchev–Trinajstić information content (AvgIpc) is 1.96. The van der Waals surface area contributed by atoms with E-state index in [-0.39, 0.29) is 4.75 Å². The van der Waals surface area contributed by atoms with Crippen LogP contribution >= 0.6 is 11.8 Å².